The van der Waals surface area contributed by atoms with Crippen LogP contribution < -0.4 is 5.32 Å². The van der Waals surface area contributed by atoms with E-state index in [-0.39, 0.29) is 0 Å². The summed E-state index contributed by atoms with van der Waals surface area (Å²) in [6, 6.07) is 0.624. The van der Waals surface area contributed by atoms with Gasteiger partial charge in [-0.25, -0.2) is 4.98 Å². The van der Waals surface area contributed by atoms with E-state index in [1.807, 2.05) is 0 Å². The van der Waals surface area contributed by atoms with E-state index in [1.54, 1.807) is 6.26 Å². The molecule has 1 unspecified atom stereocenters. The molecule has 1 aliphatic rings. The fraction of sp³-hybridized carbons (Fsp3) is 0.727. The van der Waals surface area contributed by atoms with Gasteiger partial charge in [-0.3, -0.25) is 0 Å². The monoisotopic (exact) mass is 194 g/mol. The van der Waals surface area contributed by atoms with Crippen molar-refractivity contribution < 1.29 is 4.42 Å². The molecular formula is C11H18N2O. The smallest absolute Gasteiger partial charge is 0.180 e. The van der Waals surface area contributed by atoms with Crippen molar-refractivity contribution in [2.75, 3.05) is 0 Å². The average Bonchev–Trinajstić information content (AvgIpc) is 2.71. The molecule has 1 fully saturated rings. The lowest BCUT2D eigenvalue weighted by Gasteiger charge is -2.27. The van der Waals surface area contributed by atoms with Crippen LogP contribution in [0.5, 0.6) is 0 Å². The van der Waals surface area contributed by atoms with Gasteiger partial charge in [0.1, 0.15) is 6.26 Å². The maximum absolute atomic E-state index is 4.93. The van der Waals surface area contributed by atoms with Crippen molar-refractivity contribution >= 4 is 0 Å². The zero-order chi connectivity index (χ0) is 10.0. The predicted molar refractivity (Wildman–Crippen MR) is 54.8 cm³/mol. The Labute approximate surface area is 84.9 Å². The maximum atomic E-state index is 4.93. The second kappa shape index (κ2) is 3.73. The Hall–Kier alpha value is -0.830. The predicted octanol–water partition coefficient (Wildman–Crippen LogP) is 2.34. The molecule has 2 rings (SSSR count). The van der Waals surface area contributed by atoms with Crippen molar-refractivity contribution in [2.24, 2.45) is 5.41 Å². The number of nitrogens with zero attached hydrogens (tertiary/aromatic N) is 1. The normalized spacial score (nSPS) is 25.4. The number of aromatic nitrogens is 1. The summed E-state index contributed by atoms with van der Waals surface area (Å²) in [5, 5.41) is 3.55. The van der Waals surface area contributed by atoms with Crippen LogP contribution in [0, 0.1) is 5.41 Å². The summed E-state index contributed by atoms with van der Waals surface area (Å²) in [6.45, 7) is 5.49. The van der Waals surface area contributed by atoms with Gasteiger partial charge in [0.05, 0.1) is 5.69 Å². The summed E-state index contributed by atoms with van der Waals surface area (Å²) in [5.41, 5.74) is 1.43. The molecule has 3 nitrogen and oxygen atoms in total. The van der Waals surface area contributed by atoms with Crippen molar-refractivity contribution in [3.63, 3.8) is 0 Å². The van der Waals surface area contributed by atoms with Gasteiger partial charge in [-0.05, 0) is 18.3 Å². The Morgan fingerprint density at radius 1 is 1.64 bits per heavy atom. The van der Waals surface area contributed by atoms with Crippen LogP contribution in [-0.4, -0.2) is 11.0 Å². The summed E-state index contributed by atoms with van der Waals surface area (Å²) in [4.78, 5) is 4.10. The van der Waals surface area contributed by atoms with Gasteiger partial charge in [-0.2, -0.15) is 0 Å². The Morgan fingerprint density at radius 3 is 3.07 bits per heavy atom. The maximum Gasteiger partial charge on any atom is 0.180 e. The lowest BCUT2D eigenvalue weighted by molar-refractivity contribution is 0.282. The van der Waals surface area contributed by atoms with Crippen molar-refractivity contribution in [3.8, 4) is 0 Å². The first-order valence-corrected chi connectivity index (χ1v) is 5.29. The topological polar surface area (TPSA) is 38.1 Å². The molecule has 1 atom stereocenters. The molecule has 0 spiro atoms. The molecule has 1 heterocycles. The van der Waals surface area contributed by atoms with E-state index in [0.29, 0.717) is 11.5 Å². The minimum absolute atomic E-state index is 0.434. The summed E-state index contributed by atoms with van der Waals surface area (Å²) in [5.74, 6) is 0. The number of rotatable bonds is 3. The van der Waals surface area contributed by atoms with Gasteiger partial charge < -0.3 is 9.73 Å². The van der Waals surface area contributed by atoms with E-state index < -0.39 is 0 Å². The van der Waals surface area contributed by atoms with Gasteiger partial charge in [-0.1, -0.05) is 20.3 Å². The summed E-state index contributed by atoms with van der Waals surface area (Å²) >= 11 is 0. The molecule has 0 amide bonds. The Balaban J connectivity index is 1.86. The van der Waals surface area contributed by atoms with Crippen molar-refractivity contribution in [1.29, 1.82) is 0 Å². The van der Waals surface area contributed by atoms with Crippen molar-refractivity contribution in [2.45, 2.75) is 45.7 Å². The van der Waals surface area contributed by atoms with Crippen LogP contribution in [-0.2, 0) is 6.54 Å². The van der Waals surface area contributed by atoms with Crippen LogP contribution in [0.3, 0.4) is 0 Å². The second-order valence-corrected chi connectivity index (χ2v) is 4.79. The second-order valence-electron chi connectivity index (χ2n) is 4.79. The third-order valence-electron chi connectivity index (χ3n) is 3.27. The molecule has 14 heavy (non-hydrogen) atoms. The lowest BCUT2D eigenvalue weighted by atomic mass is 9.87. The van der Waals surface area contributed by atoms with E-state index in [4.69, 9.17) is 4.42 Å². The molecule has 0 aliphatic heterocycles. The first-order chi connectivity index (χ1) is 6.68. The Bertz CT molecular complexity index is 279. The highest BCUT2D eigenvalue weighted by Gasteiger charge is 2.33. The highest BCUT2D eigenvalue weighted by Crippen LogP contribution is 2.37. The van der Waals surface area contributed by atoms with Gasteiger partial charge in [0.25, 0.3) is 0 Å². The van der Waals surface area contributed by atoms with Crippen LogP contribution in [0.15, 0.2) is 17.1 Å². The van der Waals surface area contributed by atoms with Crippen LogP contribution in [0.2, 0.25) is 0 Å². The molecule has 3 heteroatoms. The highest BCUT2D eigenvalue weighted by atomic mass is 16.3. The van der Waals surface area contributed by atoms with Crippen LogP contribution in [0.25, 0.3) is 0 Å². The van der Waals surface area contributed by atoms with Crippen LogP contribution in [0.4, 0.5) is 0 Å². The molecule has 1 saturated carbocycles. The molecule has 1 aromatic rings. The fourth-order valence-electron chi connectivity index (χ4n) is 2.26. The molecule has 0 radical (unpaired) electrons. The third kappa shape index (κ3) is 1.98. The minimum atomic E-state index is 0.434. The number of hydrogen-bond acceptors (Lipinski definition) is 3. The molecule has 1 N–H and O–H groups in total. The van der Waals surface area contributed by atoms with Crippen molar-refractivity contribution in [3.05, 3.63) is 18.4 Å². The minimum Gasteiger partial charge on any atom is -0.451 e. The number of nitrogens with one attached hydrogen (secondary N) is 1. The molecule has 0 aromatic carbocycles. The third-order valence-corrected chi connectivity index (χ3v) is 3.27. The lowest BCUT2D eigenvalue weighted by Crippen LogP contribution is -2.37. The zero-order valence-electron chi connectivity index (χ0n) is 8.92. The van der Waals surface area contributed by atoms with Gasteiger partial charge in [0, 0.05) is 12.6 Å². The van der Waals surface area contributed by atoms with Crippen molar-refractivity contribution in [1.82, 2.24) is 10.3 Å². The van der Waals surface area contributed by atoms with E-state index in [2.05, 4.69) is 24.1 Å². The Morgan fingerprint density at radius 2 is 2.50 bits per heavy atom. The van der Waals surface area contributed by atoms with Crippen LogP contribution >= 0.6 is 0 Å². The summed E-state index contributed by atoms with van der Waals surface area (Å²) in [7, 11) is 0. The largest absolute Gasteiger partial charge is 0.451 e. The summed E-state index contributed by atoms with van der Waals surface area (Å²) in [6.07, 6.45) is 7.13. The molecule has 1 aromatic heterocycles. The molecule has 78 valence electrons. The number of hydrogen-bond donors (Lipinski definition) is 1. The molecule has 0 saturated heterocycles. The SMILES string of the molecule is CC1(C)CCCC1NCc1cocn1. The molecular weight excluding hydrogens is 176 g/mol. The standard InChI is InChI=1S/C11H18N2O/c1-11(2)5-3-4-10(11)12-6-9-7-14-8-13-9/h7-8,10,12H,3-6H2,1-2H3. The fourth-order valence-corrected chi connectivity index (χ4v) is 2.26. The highest BCUT2D eigenvalue weighted by molar-refractivity contribution is 4.95. The number of oxazole rings is 1. The van der Waals surface area contributed by atoms with E-state index in [0.717, 1.165) is 12.2 Å². The first kappa shape index (κ1) is 9.71. The van der Waals surface area contributed by atoms with Gasteiger partial charge in [0.2, 0.25) is 0 Å². The van der Waals surface area contributed by atoms with Crippen LogP contribution in [0.1, 0.15) is 38.8 Å². The van der Waals surface area contributed by atoms with E-state index in [1.165, 1.54) is 25.7 Å². The van der Waals surface area contributed by atoms with E-state index >= 15 is 0 Å². The Kier molecular flexibility index (Phi) is 2.59. The quantitative estimate of drug-likeness (QED) is 0.802. The van der Waals surface area contributed by atoms with E-state index in [9.17, 15) is 0 Å². The molecule has 0 bridgehead atoms. The summed E-state index contributed by atoms with van der Waals surface area (Å²) < 4.78 is 4.93. The molecule has 1 aliphatic carbocycles. The van der Waals surface area contributed by atoms with Gasteiger partial charge >= 0.3 is 0 Å². The van der Waals surface area contributed by atoms with Gasteiger partial charge in [0.15, 0.2) is 6.39 Å². The average molecular weight is 194 g/mol. The zero-order valence-corrected chi connectivity index (χ0v) is 8.92. The van der Waals surface area contributed by atoms with Gasteiger partial charge in [-0.15, -0.1) is 0 Å². The first-order valence-electron chi connectivity index (χ1n) is 5.29.